The summed E-state index contributed by atoms with van der Waals surface area (Å²) >= 11 is 2.17. The molecule has 0 saturated heterocycles. The summed E-state index contributed by atoms with van der Waals surface area (Å²) in [6.07, 6.45) is 1.20. The SMILES string of the molecule is CC(C)C[C@H](NCCc1ccc(-n2c(N)c(C(=O)c3ccc(I)cc3)ccc2=O)cc1)C(=O)O. The first kappa shape index (κ1) is 25.6. The van der Waals surface area contributed by atoms with Crippen LogP contribution in [0.5, 0.6) is 0 Å². The van der Waals surface area contributed by atoms with Crippen LogP contribution in [0.1, 0.15) is 41.8 Å². The summed E-state index contributed by atoms with van der Waals surface area (Å²) in [5.41, 5.74) is 8.25. The maximum Gasteiger partial charge on any atom is 0.320 e. The number of nitrogens with zero attached hydrogens (tertiary/aromatic N) is 1. The Bertz CT molecular complexity index is 1220. The number of pyridine rings is 1. The van der Waals surface area contributed by atoms with Crippen molar-refractivity contribution in [1.82, 2.24) is 9.88 Å². The average Bonchev–Trinajstić information content (AvgIpc) is 2.79. The number of halogens is 1. The molecule has 3 rings (SSSR count). The number of benzene rings is 2. The topological polar surface area (TPSA) is 114 Å². The summed E-state index contributed by atoms with van der Waals surface area (Å²) in [5, 5.41) is 12.4. The highest BCUT2D eigenvalue weighted by Gasteiger charge is 2.18. The Labute approximate surface area is 212 Å². The predicted octanol–water partition coefficient (Wildman–Crippen LogP) is 3.89. The van der Waals surface area contributed by atoms with Gasteiger partial charge in [0.25, 0.3) is 5.56 Å². The van der Waals surface area contributed by atoms with Gasteiger partial charge in [-0.25, -0.2) is 0 Å². The zero-order chi connectivity index (χ0) is 24.8. The van der Waals surface area contributed by atoms with E-state index in [1.165, 1.54) is 16.7 Å². The second kappa shape index (κ2) is 11.4. The lowest BCUT2D eigenvalue weighted by atomic mass is 10.0. The Morgan fingerprint density at radius 3 is 2.26 bits per heavy atom. The number of nitrogens with two attached hydrogens (primary N) is 1. The number of nitrogen functional groups attached to an aromatic ring is 1. The molecule has 2 aromatic carbocycles. The highest BCUT2D eigenvalue weighted by atomic mass is 127. The normalized spacial score (nSPS) is 12.0. The van der Waals surface area contributed by atoms with Crippen LogP contribution in [0.25, 0.3) is 5.69 Å². The first-order valence-electron chi connectivity index (χ1n) is 11.0. The third-order valence-corrected chi connectivity index (χ3v) is 6.20. The van der Waals surface area contributed by atoms with Gasteiger partial charge in [0.1, 0.15) is 11.9 Å². The average molecular weight is 573 g/mol. The van der Waals surface area contributed by atoms with Crippen molar-refractivity contribution >= 4 is 40.2 Å². The predicted molar refractivity (Wildman–Crippen MR) is 142 cm³/mol. The molecule has 3 aromatic rings. The molecule has 0 spiro atoms. The molecule has 4 N–H and O–H groups in total. The molecular formula is C26H28IN3O4. The number of hydrogen-bond donors (Lipinski definition) is 3. The number of carboxylic acid groups (broad SMARTS) is 1. The smallest absolute Gasteiger partial charge is 0.320 e. The van der Waals surface area contributed by atoms with E-state index in [4.69, 9.17) is 5.73 Å². The van der Waals surface area contributed by atoms with Gasteiger partial charge in [-0.3, -0.25) is 19.0 Å². The molecule has 8 heteroatoms. The number of ketones is 1. The Balaban J connectivity index is 1.77. The van der Waals surface area contributed by atoms with Crippen molar-refractivity contribution < 1.29 is 14.7 Å². The Morgan fingerprint density at radius 1 is 1.03 bits per heavy atom. The number of aliphatic carboxylic acids is 1. The van der Waals surface area contributed by atoms with E-state index in [1.807, 2.05) is 38.1 Å². The molecule has 178 valence electrons. The Hall–Kier alpha value is -2.98. The molecule has 0 bridgehead atoms. The number of aromatic nitrogens is 1. The number of carbonyl (C=O) groups excluding carboxylic acids is 1. The fourth-order valence-corrected chi connectivity index (χ4v) is 4.07. The minimum absolute atomic E-state index is 0.0865. The van der Waals surface area contributed by atoms with Crippen molar-refractivity contribution in [3.63, 3.8) is 0 Å². The van der Waals surface area contributed by atoms with Gasteiger partial charge < -0.3 is 16.2 Å². The number of nitrogens with one attached hydrogen (secondary N) is 1. The second-order valence-corrected chi connectivity index (χ2v) is 9.78. The van der Waals surface area contributed by atoms with Crippen molar-refractivity contribution in [1.29, 1.82) is 0 Å². The number of anilines is 1. The Morgan fingerprint density at radius 2 is 1.68 bits per heavy atom. The summed E-state index contributed by atoms with van der Waals surface area (Å²) in [6, 6.07) is 16.7. The van der Waals surface area contributed by atoms with E-state index in [2.05, 4.69) is 27.9 Å². The first-order chi connectivity index (χ1) is 16.2. The van der Waals surface area contributed by atoms with Crippen LogP contribution in [0.2, 0.25) is 0 Å². The van der Waals surface area contributed by atoms with Crippen LogP contribution in [0, 0.1) is 9.49 Å². The van der Waals surface area contributed by atoms with Gasteiger partial charge >= 0.3 is 5.97 Å². The second-order valence-electron chi connectivity index (χ2n) is 8.53. The fraction of sp³-hybridized carbons (Fsp3) is 0.269. The summed E-state index contributed by atoms with van der Waals surface area (Å²) in [7, 11) is 0. The van der Waals surface area contributed by atoms with Crippen LogP contribution in [0.4, 0.5) is 5.82 Å². The highest BCUT2D eigenvalue weighted by molar-refractivity contribution is 14.1. The summed E-state index contributed by atoms with van der Waals surface area (Å²) in [5.74, 6) is -0.730. The minimum Gasteiger partial charge on any atom is -0.480 e. The van der Waals surface area contributed by atoms with Crippen LogP contribution < -0.4 is 16.6 Å². The molecule has 0 amide bonds. The third-order valence-electron chi connectivity index (χ3n) is 5.49. The summed E-state index contributed by atoms with van der Waals surface area (Å²) in [4.78, 5) is 36.9. The lowest BCUT2D eigenvalue weighted by molar-refractivity contribution is -0.139. The summed E-state index contributed by atoms with van der Waals surface area (Å²) in [6.45, 7) is 4.51. The molecule has 0 saturated carbocycles. The summed E-state index contributed by atoms with van der Waals surface area (Å²) < 4.78 is 2.34. The van der Waals surface area contributed by atoms with E-state index in [-0.39, 0.29) is 28.6 Å². The van der Waals surface area contributed by atoms with Crippen LogP contribution >= 0.6 is 22.6 Å². The van der Waals surface area contributed by atoms with Crippen LogP contribution in [0.15, 0.2) is 65.5 Å². The van der Waals surface area contributed by atoms with Crippen molar-refractivity contribution in [2.75, 3.05) is 12.3 Å². The van der Waals surface area contributed by atoms with E-state index in [9.17, 15) is 19.5 Å². The quantitative estimate of drug-likeness (QED) is 0.251. The number of rotatable bonds is 10. The monoisotopic (exact) mass is 573 g/mol. The third kappa shape index (κ3) is 6.32. The lowest BCUT2D eigenvalue weighted by Gasteiger charge is -2.16. The van der Waals surface area contributed by atoms with E-state index in [0.717, 1.165) is 9.13 Å². The van der Waals surface area contributed by atoms with E-state index in [1.54, 1.807) is 24.3 Å². The van der Waals surface area contributed by atoms with Gasteiger partial charge in [-0.05, 0) is 95.9 Å². The molecule has 7 nitrogen and oxygen atoms in total. The molecule has 0 aliphatic rings. The van der Waals surface area contributed by atoms with Gasteiger partial charge in [-0.1, -0.05) is 26.0 Å². The molecule has 0 aliphatic heterocycles. The fourth-order valence-electron chi connectivity index (χ4n) is 3.71. The van der Waals surface area contributed by atoms with Crippen molar-refractivity contribution in [3.8, 4) is 5.69 Å². The van der Waals surface area contributed by atoms with Crippen molar-refractivity contribution in [3.05, 3.63) is 91.3 Å². The van der Waals surface area contributed by atoms with Gasteiger partial charge in [0, 0.05) is 15.2 Å². The molecule has 1 atom stereocenters. The number of carboxylic acids is 1. The van der Waals surface area contributed by atoms with Gasteiger partial charge in [0.2, 0.25) is 0 Å². The largest absolute Gasteiger partial charge is 0.480 e. The van der Waals surface area contributed by atoms with Crippen LogP contribution in [-0.2, 0) is 11.2 Å². The highest BCUT2D eigenvalue weighted by Crippen LogP contribution is 2.20. The van der Waals surface area contributed by atoms with Gasteiger partial charge in [0.15, 0.2) is 5.78 Å². The number of hydrogen-bond acceptors (Lipinski definition) is 5. The molecule has 34 heavy (non-hydrogen) atoms. The van der Waals surface area contributed by atoms with Crippen LogP contribution in [-0.4, -0.2) is 34.0 Å². The first-order valence-corrected chi connectivity index (χ1v) is 12.1. The maximum atomic E-state index is 13.0. The van der Waals surface area contributed by atoms with Gasteiger partial charge in [0.05, 0.1) is 11.3 Å². The molecule has 1 aromatic heterocycles. The molecule has 0 unspecified atom stereocenters. The Kier molecular flexibility index (Phi) is 8.62. The van der Waals surface area contributed by atoms with E-state index >= 15 is 0 Å². The maximum absolute atomic E-state index is 13.0. The van der Waals surface area contributed by atoms with Crippen molar-refractivity contribution in [2.24, 2.45) is 5.92 Å². The standard InChI is InChI=1S/C26H28IN3O4/c1-16(2)15-22(26(33)34)29-14-13-17-3-9-20(10-4-17)30-23(31)12-11-21(25(30)28)24(32)18-5-7-19(27)8-6-18/h3-12,16,22,29H,13-15,28H2,1-2H3,(H,33,34)/t22-/m0/s1. The zero-order valence-corrected chi connectivity index (χ0v) is 21.3. The lowest BCUT2D eigenvalue weighted by Crippen LogP contribution is -2.38. The van der Waals surface area contributed by atoms with Gasteiger partial charge in [-0.15, -0.1) is 0 Å². The molecule has 0 radical (unpaired) electrons. The van der Waals surface area contributed by atoms with Gasteiger partial charge in [-0.2, -0.15) is 0 Å². The number of carbonyl (C=O) groups is 2. The molecule has 1 heterocycles. The molecule has 0 fully saturated rings. The molecule has 0 aliphatic carbocycles. The van der Waals surface area contributed by atoms with E-state index < -0.39 is 12.0 Å². The minimum atomic E-state index is -0.849. The van der Waals surface area contributed by atoms with E-state index in [0.29, 0.717) is 30.6 Å². The van der Waals surface area contributed by atoms with Crippen molar-refractivity contribution in [2.45, 2.75) is 32.7 Å². The molecular weight excluding hydrogens is 545 g/mol. The van der Waals surface area contributed by atoms with Crippen LogP contribution in [0.3, 0.4) is 0 Å². The zero-order valence-electron chi connectivity index (χ0n) is 19.1.